The number of carbonyl (C=O) groups excluding carboxylic acids is 1. The first-order chi connectivity index (χ1) is 13.8. The molecular weight excluding hydrogens is 380 g/mol. The SMILES string of the molecule is C=CC(CC)C(C)/C=C(\C)N(C)C=NCc1c(C=O)sc2nccc(N(C)C)c12. The van der Waals surface area contributed by atoms with Crippen LogP contribution in [0.25, 0.3) is 10.2 Å². The van der Waals surface area contributed by atoms with Gasteiger partial charge < -0.3 is 9.80 Å². The number of carbonyl (C=O) groups is 1. The molecule has 2 aromatic rings. The number of allylic oxidation sites excluding steroid dienone is 3. The Morgan fingerprint density at radius 3 is 2.69 bits per heavy atom. The van der Waals surface area contributed by atoms with Gasteiger partial charge in [-0.05, 0) is 31.2 Å². The first-order valence-corrected chi connectivity index (χ1v) is 10.7. The lowest BCUT2D eigenvalue weighted by Gasteiger charge is -2.20. The first kappa shape index (κ1) is 22.8. The van der Waals surface area contributed by atoms with Gasteiger partial charge in [0.2, 0.25) is 0 Å². The maximum atomic E-state index is 11.6. The summed E-state index contributed by atoms with van der Waals surface area (Å²) in [5.74, 6) is 0.893. The van der Waals surface area contributed by atoms with Gasteiger partial charge in [-0.2, -0.15) is 0 Å². The Morgan fingerprint density at radius 2 is 2.10 bits per heavy atom. The number of anilines is 1. The maximum Gasteiger partial charge on any atom is 0.160 e. The van der Waals surface area contributed by atoms with Crippen LogP contribution in [0.3, 0.4) is 0 Å². The molecule has 2 aromatic heterocycles. The molecule has 0 N–H and O–H groups in total. The Bertz CT molecular complexity index is 913. The number of pyridine rings is 1. The summed E-state index contributed by atoms with van der Waals surface area (Å²) in [6.45, 7) is 10.9. The molecule has 2 unspecified atom stereocenters. The van der Waals surface area contributed by atoms with E-state index in [1.165, 1.54) is 11.3 Å². The van der Waals surface area contributed by atoms with E-state index in [1.807, 2.05) is 49.4 Å². The Hall–Kier alpha value is -2.47. The summed E-state index contributed by atoms with van der Waals surface area (Å²) >= 11 is 1.42. The van der Waals surface area contributed by atoms with Crippen molar-refractivity contribution in [2.24, 2.45) is 16.8 Å². The summed E-state index contributed by atoms with van der Waals surface area (Å²) in [6, 6.07) is 1.97. The van der Waals surface area contributed by atoms with Crippen molar-refractivity contribution < 1.29 is 4.79 Å². The second kappa shape index (κ2) is 10.3. The molecule has 0 aliphatic carbocycles. The molecule has 2 rings (SSSR count). The largest absolute Gasteiger partial charge is 0.377 e. The molecule has 2 atom stereocenters. The van der Waals surface area contributed by atoms with Gasteiger partial charge in [0.15, 0.2) is 6.29 Å². The number of thiophene rings is 1. The van der Waals surface area contributed by atoms with Gasteiger partial charge in [-0.3, -0.25) is 9.79 Å². The summed E-state index contributed by atoms with van der Waals surface area (Å²) in [5, 5.41) is 1.02. The molecule has 5 nitrogen and oxygen atoms in total. The Labute approximate surface area is 178 Å². The van der Waals surface area contributed by atoms with Gasteiger partial charge in [-0.25, -0.2) is 4.98 Å². The first-order valence-electron chi connectivity index (χ1n) is 9.90. The molecule has 0 aromatic carbocycles. The smallest absolute Gasteiger partial charge is 0.160 e. The molecule has 0 bridgehead atoms. The highest BCUT2D eigenvalue weighted by Crippen LogP contribution is 2.35. The lowest BCUT2D eigenvalue weighted by Crippen LogP contribution is -2.16. The number of fused-ring (bicyclic) bond motifs is 1. The van der Waals surface area contributed by atoms with Crippen LogP contribution in [-0.4, -0.2) is 43.7 Å². The maximum absolute atomic E-state index is 11.6. The summed E-state index contributed by atoms with van der Waals surface area (Å²) in [6.07, 6.45) is 9.89. The van der Waals surface area contributed by atoms with E-state index in [4.69, 9.17) is 0 Å². The van der Waals surface area contributed by atoms with Crippen LogP contribution >= 0.6 is 11.3 Å². The van der Waals surface area contributed by atoms with Gasteiger partial charge in [0.25, 0.3) is 0 Å². The Balaban J connectivity index is 2.24. The molecule has 6 heteroatoms. The highest BCUT2D eigenvalue weighted by Gasteiger charge is 2.16. The third-order valence-corrected chi connectivity index (χ3v) is 6.37. The predicted molar refractivity (Wildman–Crippen MR) is 126 cm³/mol. The van der Waals surface area contributed by atoms with Crippen molar-refractivity contribution in [2.75, 3.05) is 26.0 Å². The van der Waals surface area contributed by atoms with E-state index in [0.717, 1.165) is 39.9 Å². The van der Waals surface area contributed by atoms with Gasteiger partial charge in [0, 0.05) is 49.7 Å². The van der Waals surface area contributed by atoms with Crippen LogP contribution in [-0.2, 0) is 6.54 Å². The van der Waals surface area contributed by atoms with E-state index in [1.54, 1.807) is 6.20 Å². The minimum Gasteiger partial charge on any atom is -0.377 e. The van der Waals surface area contributed by atoms with Gasteiger partial charge >= 0.3 is 0 Å². The summed E-state index contributed by atoms with van der Waals surface area (Å²) in [4.78, 5) is 26.3. The molecule has 0 amide bonds. The molecule has 2 heterocycles. The minimum absolute atomic E-state index is 0.421. The van der Waals surface area contributed by atoms with Crippen LogP contribution in [0.4, 0.5) is 5.69 Å². The predicted octanol–water partition coefficient (Wildman–Crippen LogP) is 5.39. The van der Waals surface area contributed by atoms with Crippen LogP contribution in [0.5, 0.6) is 0 Å². The average Bonchev–Trinajstić information content (AvgIpc) is 3.06. The number of hydrogen-bond acceptors (Lipinski definition) is 5. The van der Waals surface area contributed by atoms with E-state index in [9.17, 15) is 4.79 Å². The third-order valence-electron chi connectivity index (χ3n) is 5.30. The van der Waals surface area contributed by atoms with Crippen LogP contribution in [0, 0.1) is 11.8 Å². The zero-order valence-corrected chi connectivity index (χ0v) is 19.2. The van der Waals surface area contributed by atoms with Crippen LogP contribution in [0.15, 0.2) is 41.7 Å². The van der Waals surface area contributed by atoms with Crippen LogP contribution in [0.2, 0.25) is 0 Å². The molecule has 0 aliphatic rings. The lowest BCUT2D eigenvalue weighted by molar-refractivity contribution is 0.112. The summed E-state index contributed by atoms with van der Waals surface area (Å²) < 4.78 is 0. The number of aliphatic imine (C=N–C) groups is 1. The van der Waals surface area contributed by atoms with Crippen molar-refractivity contribution in [1.82, 2.24) is 9.88 Å². The number of rotatable bonds is 10. The normalized spacial score (nSPS) is 14.2. The fourth-order valence-electron chi connectivity index (χ4n) is 3.43. The Morgan fingerprint density at radius 1 is 1.38 bits per heavy atom. The second-order valence-electron chi connectivity index (χ2n) is 7.51. The fraction of sp³-hybridized carbons (Fsp3) is 0.435. The molecule has 156 valence electrons. The molecular formula is C23H32N4OS. The zero-order chi connectivity index (χ0) is 21.6. The molecule has 0 spiro atoms. The summed E-state index contributed by atoms with van der Waals surface area (Å²) in [5.41, 5.74) is 3.13. The van der Waals surface area contributed by atoms with E-state index in [2.05, 4.69) is 43.4 Å². The number of nitrogens with zero attached hydrogens (tertiary/aromatic N) is 4. The Kier molecular flexibility index (Phi) is 8.14. The zero-order valence-electron chi connectivity index (χ0n) is 18.3. The standard InChI is InChI=1S/C23H32N4OS/c1-8-18(9-2)16(3)12-17(4)27(7)15-24-13-19-21(14-28)29-23-22(19)20(26(5)6)10-11-25-23/h8,10-12,14-16,18H,1,9,13H2,2-7H3/b17-12+,24-15?. The molecule has 0 saturated heterocycles. The average molecular weight is 413 g/mol. The molecule has 29 heavy (non-hydrogen) atoms. The molecule has 0 radical (unpaired) electrons. The van der Waals surface area contributed by atoms with Crippen molar-refractivity contribution in [3.63, 3.8) is 0 Å². The van der Waals surface area contributed by atoms with Gasteiger partial charge in [-0.1, -0.05) is 26.0 Å². The fourth-order valence-corrected chi connectivity index (χ4v) is 4.42. The summed E-state index contributed by atoms with van der Waals surface area (Å²) in [7, 11) is 5.99. The highest BCUT2D eigenvalue weighted by atomic mass is 32.1. The molecule has 0 aliphatic heterocycles. The van der Waals surface area contributed by atoms with E-state index in [0.29, 0.717) is 23.3 Å². The van der Waals surface area contributed by atoms with E-state index in [-0.39, 0.29) is 0 Å². The van der Waals surface area contributed by atoms with Crippen molar-refractivity contribution in [3.05, 3.63) is 47.1 Å². The van der Waals surface area contributed by atoms with Crippen molar-refractivity contribution in [3.8, 4) is 0 Å². The number of aromatic nitrogens is 1. The molecule has 0 fully saturated rings. The van der Waals surface area contributed by atoms with Crippen molar-refractivity contribution in [1.29, 1.82) is 0 Å². The number of hydrogen-bond donors (Lipinski definition) is 0. The van der Waals surface area contributed by atoms with Crippen molar-refractivity contribution >= 4 is 39.9 Å². The number of aldehydes is 1. The molecule has 0 saturated carbocycles. The monoisotopic (exact) mass is 412 g/mol. The highest BCUT2D eigenvalue weighted by molar-refractivity contribution is 7.20. The topological polar surface area (TPSA) is 48.8 Å². The van der Waals surface area contributed by atoms with Gasteiger partial charge in [-0.15, -0.1) is 17.9 Å². The van der Waals surface area contributed by atoms with Crippen LogP contribution < -0.4 is 4.90 Å². The van der Waals surface area contributed by atoms with Gasteiger partial charge in [0.1, 0.15) is 4.83 Å². The quantitative estimate of drug-likeness (QED) is 0.227. The van der Waals surface area contributed by atoms with Crippen LogP contribution in [0.1, 0.15) is 42.4 Å². The van der Waals surface area contributed by atoms with Gasteiger partial charge in [0.05, 0.1) is 17.8 Å². The lowest BCUT2D eigenvalue weighted by atomic mass is 9.91. The second-order valence-corrected chi connectivity index (χ2v) is 8.54. The van der Waals surface area contributed by atoms with E-state index < -0.39 is 0 Å². The minimum atomic E-state index is 0.421. The van der Waals surface area contributed by atoms with Crippen molar-refractivity contribution in [2.45, 2.75) is 33.7 Å². The van der Waals surface area contributed by atoms with E-state index >= 15 is 0 Å². The third kappa shape index (κ3) is 5.32.